The highest BCUT2D eigenvalue weighted by atomic mass is 32.2. The van der Waals surface area contributed by atoms with E-state index in [0.29, 0.717) is 0 Å². The first-order valence-corrected chi connectivity index (χ1v) is 8.72. The number of sulfonamides is 1. The van der Waals surface area contributed by atoms with Crippen molar-refractivity contribution in [3.63, 3.8) is 0 Å². The Morgan fingerprint density at radius 2 is 1.48 bits per heavy atom. The zero-order valence-electron chi connectivity index (χ0n) is 12.9. The van der Waals surface area contributed by atoms with Gasteiger partial charge in [-0.15, -0.1) is 0 Å². The van der Waals surface area contributed by atoms with Crippen LogP contribution in [-0.2, 0) is 10.0 Å². The fraction of sp³-hybridized carbons (Fsp3) is 0. The van der Waals surface area contributed by atoms with Crippen LogP contribution < -0.4 is 4.72 Å². The molecule has 0 bridgehead atoms. The summed E-state index contributed by atoms with van der Waals surface area (Å²) in [5, 5.41) is 11.0. The molecule has 0 atom stereocenters. The van der Waals surface area contributed by atoms with Crippen LogP contribution in [0.1, 0.15) is 0 Å². The van der Waals surface area contributed by atoms with Gasteiger partial charge in [-0.3, -0.25) is 19.8 Å². The molecule has 0 unspecified atom stereocenters. The third-order valence-electron chi connectivity index (χ3n) is 3.52. The lowest BCUT2D eigenvalue weighted by molar-refractivity contribution is -0.383. The number of benzene rings is 2. The maximum atomic E-state index is 12.5. The van der Waals surface area contributed by atoms with Crippen LogP contribution in [0.2, 0.25) is 0 Å². The van der Waals surface area contributed by atoms with Crippen LogP contribution in [0.15, 0.2) is 78.0 Å². The molecule has 2 aromatic carbocycles. The van der Waals surface area contributed by atoms with Crippen molar-refractivity contribution in [1.29, 1.82) is 0 Å². The van der Waals surface area contributed by atoms with Gasteiger partial charge in [0.15, 0.2) is 0 Å². The van der Waals surface area contributed by atoms with Gasteiger partial charge >= 0.3 is 0 Å². The number of rotatable bonds is 5. The number of para-hydroxylation sites is 2. The molecular weight excluding hydrogens is 342 g/mol. The molecule has 126 valence electrons. The van der Waals surface area contributed by atoms with Gasteiger partial charge in [-0.25, -0.2) is 8.42 Å². The minimum Gasteiger partial charge on any atom is -0.273 e. The van der Waals surface area contributed by atoms with Crippen molar-refractivity contribution in [3.8, 4) is 11.1 Å². The first-order chi connectivity index (χ1) is 12.0. The van der Waals surface area contributed by atoms with E-state index in [9.17, 15) is 18.5 Å². The summed E-state index contributed by atoms with van der Waals surface area (Å²) >= 11 is 0. The summed E-state index contributed by atoms with van der Waals surface area (Å²) in [5.74, 6) is 0. The van der Waals surface area contributed by atoms with E-state index in [4.69, 9.17) is 0 Å². The standard InChI is InChI=1S/C17H13N3O4S/c21-20(22)17-4-2-1-3-16(17)19-25(23,24)15-7-5-13(6-8-15)14-9-11-18-12-10-14/h1-12,19H. The number of hydrogen-bond acceptors (Lipinski definition) is 5. The number of anilines is 1. The van der Waals surface area contributed by atoms with Crippen LogP contribution in [0.3, 0.4) is 0 Å². The Labute approximate surface area is 144 Å². The van der Waals surface area contributed by atoms with Crippen molar-refractivity contribution < 1.29 is 13.3 Å². The molecule has 1 aromatic heterocycles. The molecule has 3 rings (SSSR count). The third kappa shape index (κ3) is 3.64. The van der Waals surface area contributed by atoms with E-state index >= 15 is 0 Å². The molecule has 0 spiro atoms. The maximum Gasteiger partial charge on any atom is 0.293 e. The molecule has 0 aliphatic heterocycles. The Morgan fingerprint density at radius 3 is 2.12 bits per heavy atom. The Kier molecular flexibility index (Phi) is 4.44. The predicted octanol–water partition coefficient (Wildman–Crippen LogP) is 3.46. The highest BCUT2D eigenvalue weighted by molar-refractivity contribution is 7.92. The second-order valence-corrected chi connectivity index (χ2v) is 6.82. The summed E-state index contributed by atoms with van der Waals surface area (Å²) in [6, 6.07) is 15.5. The maximum absolute atomic E-state index is 12.5. The number of hydrogen-bond donors (Lipinski definition) is 1. The van der Waals surface area contributed by atoms with Crippen LogP contribution in [0.4, 0.5) is 11.4 Å². The minimum absolute atomic E-state index is 0.0171. The van der Waals surface area contributed by atoms with Gasteiger partial charge in [0.25, 0.3) is 15.7 Å². The number of pyridine rings is 1. The highest BCUT2D eigenvalue weighted by Gasteiger charge is 2.20. The van der Waals surface area contributed by atoms with Crippen LogP contribution in [0, 0.1) is 10.1 Å². The van der Waals surface area contributed by atoms with Gasteiger partial charge in [-0.2, -0.15) is 0 Å². The number of nitro groups is 1. The van der Waals surface area contributed by atoms with Gasteiger partial charge in [0.2, 0.25) is 0 Å². The van der Waals surface area contributed by atoms with Crippen LogP contribution in [-0.4, -0.2) is 18.3 Å². The molecule has 0 saturated heterocycles. The van der Waals surface area contributed by atoms with Gasteiger partial charge in [-0.05, 0) is 41.5 Å². The molecule has 0 saturated carbocycles. The third-order valence-corrected chi connectivity index (χ3v) is 4.90. The topological polar surface area (TPSA) is 102 Å². The molecule has 8 heteroatoms. The fourth-order valence-corrected chi connectivity index (χ4v) is 3.37. The molecule has 0 radical (unpaired) electrons. The van der Waals surface area contributed by atoms with Crippen molar-refractivity contribution in [3.05, 3.63) is 83.2 Å². The molecule has 0 aliphatic carbocycles. The predicted molar refractivity (Wildman–Crippen MR) is 93.6 cm³/mol. The smallest absolute Gasteiger partial charge is 0.273 e. The summed E-state index contributed by atoms with van der Waals surface area (Å²) in [4.78, 5) is 14.3. The average Bonchev–Trinajstić information content (AvgIpc) is 2.62. The summed E-state index contributed by atoms with van der Waals surface area (Å²) in [5.41, 5.74) is 1.36. The van der Waals surface area contributed by atoms with Crippen molar-refractivity contribution in [2.24, 2.45) is 0 Å². The van der Waals surface area contributed by atoms with E-state index in [1.165, 1.54) is 36.4 Å². The van der Waals surface area contributed by atoms with Gasteiger partial charge in [0.05, 0.1) is 9.82 Å². The number of nitrogens with one attached hydrogen (secondary N) is 1. The monoisotopic (exact) mass is 355 g/mol. The number of nitro benzene ring substituents is 1. The van der Waals surface area contributed by atoms with E-state index in [1.807, 2.05) is 12.1 Å². The van der Waals surface area contributed by atoms with Crippen molar-refractivity contribution >= 4 is 21.4 Å². The van der Waals surface area contributed by atoms with E-state index < -0.39 is 14.9 Å². The quantitative estimate of drug-likeness (QED) is 0.558. The Balaban J connectivity index is 1.90. The minimum atomic E-state index is -3.94. The van der Waals surface area contributed by atoms with Crippen molar-refractivity contribution in [1.82, 2.24) is 4.98 Å². The Bertz CT molecular complexity index is 1000. The van der Waals surface area contributed by atoms with E-state index in [0.717, 1.165) is 11.1 Å². The Hall–Kier alpha value is -3.26. The van der Waals surface area contributed by atoms with Gasteiger partial charge in [0.1, 0.15) is 5.69 Å². The zero-order chi connectivity index (χ0) is 17.9. The summed E-state index contributed by atoms with van der Waals surface area (Å²) < 4.78 is 27.2. The van der Waals surface area contributed by atoms with Crippen molar-refractivity contribution in [2.75, 3.05) is 4.72 Å². The molecule has 1 N–H and O–H groups in total. The van der Waals surface area contributed by atoms with Crippen LogP contribution in [0.5, 0.6) is 0 Å². The second kappa shape index (κ2) is 6.70. The second-order valence-electron chi connectivity index (χ2n) is 5.14. The van der Waals surface area contributed by atoms with Crippen LogP contribution >= 0.6 is 0 Å². The average molecular weight is 355 g/mol. The molecule has 0 fully saturated rings. The highest BCUT2D eigenvalue weighted by Crippen LogP contribution is 2.27. The largest absolute Gasteiger partial charge is 0.293 e. The summed E-state index contributed by atoms with van der Waals surface area (Å²) in [6.07, 6.45) is 3.30. The Morgan fingerprint density at radius 1 is 0.880 bits per heavy atom. The summed E-state index contributed by atoms with van der Waals surface area (Å²) in [6.45, 7) is 0. The molecule has 1 heterocycles. The van der Waals surface area contributed by atoms with Gasteiger partial charge in [0, 0.05) is 18.5 Å². The van der Waals surface area contributed by atoms with E-state index in [2.05, 4.69) is 9.71 Å². The normalized spacial score (nSPS) is 11.0. The molecule has 0 aliphatic rings. The SMILES string of the molecule is O=[N+]([O-])c1ccccc1NS(=O)(=O)c1ccc(-c2ccncc2)cc1. The number of nitrogens with zero attached hydrogens (tertiary/aromatic N) is 2. The molecule has 0 amide bonds. The van der Waals surface area contributed by atoms with E-state index in [-0.39, 0.29) is 16.3 Å². The zero-order valence-corrected chi connectivity index (χ0v) is 13.7. The van der Waals surface area contributed by atoms with Crippen LogP contribution in [0.25, 0.3) is 11.1 Å². The summed E-state index contributed by atoms with van der Waals surface area (Å²) in [7, 11) is -3.94. The molecule has 7 nitrogen and oxygen atoms in total. The van der Waals surface area contributed by atoms with Crippen molar-refractivity contribution in [2.45, 2.75) is 4.90 Å². The van der Waals surface area contributed by atoms with E-state index in [1.54, 1.807) is 24.5 Å². The lowest BCUT2D eigenvalue weighted by Crippen LogP contribution is -2.14. The molecule has 25 heavy (non-hydrogen) atoms. The first-order valence-electron chi connectivity index (χ1n) is 7.24. The van der Waals surface area contributed by atoms with Gasteiger partial charge < -0.3 is 0 Å². The fourth-order valence-electron chi connectivity index (χ4n) is 2.29. The molecule has 3 aromatic rings. The molecular formula is C17H13N3O4S. The first kappa shape index (κ1) is 16.6. The lowest BCUT2D eigenvalue weighted by atomic mass is 10.1. The number of aromatic nitrogens is 1. The van der Waals surface area contributed by atoms with Gasteiger partial charge in [-0.1, -0.05) is 24.3 Å². The lowest BCUT2D eigenvalue weighted by Gasteiger charge is -2.09.